The van der Waals surface area contributed by atoms with Crippen molar-refractivity contribution in [3.63, 3.8) is 0 Å². The van der Waals surface area contributed by atoms with Gasteiger partial charge in [-0.3, -0.25) is 0 Å². The zero-order valence-electron chi connectivity index (χ0n) is 11.6. The van der Waals surface area contributed by atoms with Gasteiger partial charge in [0.2, 0.25) is 0 Å². The highest BCUT2D eigenvalue weighted by molar-refractivity contribution is 14.1. The van der Waals surface area contributed by atoms with Crippen LogP contribution in [0.4, 0.5) is 4.39 Å². The Labute approximate surface area is 141 Å². The molecule has 0 aliphatic heterocycles. The van der Waals surface area contributed by atoms with Gasteiger partial charge in [0.25, 0.3) is 0 Å². The number of fused-ring (bicyclic) bond motifs is 1. The summed E-state index contributed by atoms with van der Waals surface area (Å²) in [6.07, 6.45) is 1.69. The lowest BCUT2D eigenvalue weighted by molar-refractivity contribution is 0.556. The van der Waals surface area contributed by atoms with Crippen molar-refractivity contribution in [3.05, 3.63) is 27.3 Å². The summed E-state index contributed by atoms with van der Waals surface area (Å²) < 4.78 is 39.1. The van der Waals surface area contributed by atoms with Gasteiger partial charge in [-0.25, -0.2) is 17.8 Å². The largest absolute Gasteiger partial charge is 0.324 e. The van der Waals surface area contributed by atoms with E-state index in [2.05, 4.69) is 4.98 Å². The first-order chi connectivity index (χ1) is 9.73. The summed E-state index contributed by atoms with van der Waals surface area (Å²) >= 11 is 7.70. The molecule has 1 unspecified atom stereocenters. The molecule has 4 nitrogen and oxygen atoms in total. The molecule has 0 saturated carbocycles. The Kier molecular flexibility index (Phi) is 5.15. The summed E-state index contributed by atoms with van der Waals surface area (Å²) in [6.45, 7) is 1.79. The molecule has 1 heterocycles. The number of nitrogens with zero attached hydrogens (tertiary/aromatic N) is 2. The normalized spacial score (nSPS) is 13.8. The molecule has 0 bridgehead atoms. The van der Waals surface area contributed by atoms with E-state index in [1.54, 1.807) is 17.6 Å². The molecule has 1 aromatic heterocycles. The molecule has 0 aliphatic carbocycles. The first-order valence-corrected chi connectivity index (χ1v) is 10.00. The Bertz CT molecular complexity index is 776. The zero-order valence-corrected chi connectivity index (χ0v) is 15.3. The minimum absolute atomic E-state index is 0.0264. The highest BCUT2D eigenvalue weighted by Gasteiger charge is 2.20. The van der Waals surface area contributed by atoms with Gasteiger partial charge in [0.1, 0.15) is 21.5 Å². The molecule has 0 saturated heterocycles. The second-order valence-corrected chi connectivity index (χ2v) is 8.76. The van der Waals surface area contributed by atoms with Crippen LogP contribution in [0.5, 0.6) is 0 Å². The number of aromatic nitrogens is 2. The number of rotatable bonds is 5. The van der Waals surface area contributed by atoms with Crippen molar-refractivity contribution >= 4 is 55.1 Å². The third-order valence-electron chi connectivity index (χ3n) is 3.11. The second kappa shape index (κ2) is 6.37. The van der Waals surface area contributed by atoms with Gasteiger partial charge in [0.15, 0.2) is 0 Å². The van der Waals surface area contributed by atoms with Gasteiger partial charge in [-0.15, -0.1) is 11.6 Å². The van der Waals surface area contributed by atoms with Gasteiger partial charge < -0.3 is 4.57 Å². The molecular weight excluding hydrogens is 430 g/mol. The van der Waals surface area contributed by atoms with Crippen molar-refractivity contribution in [2.75, 3.05) is 17.9 Å². The van der Waals surface area contributed by atoms with Gasteiger partial charge in [-0.2, -0.15) is 0 Å². The summed E-state index contributed by atoms with van der Waals surface area (Å²) in [5.41, 5.74) is 1.26. The SMILES string of the molecule is CC(CS(C)(=O)=O)n1c(CCCl)nc2cc(I)c(F)cc21. The molecular formula is C13H15ClFIN2O2S. The smallest absolute Gasteiger partial charge is 0.149 e. The van der Waals surface area contributed by atoms with Crippen molar-refractivity contribution in [1.82, 2.24) is 9.55 Å². The van der Waals surface area contributed by atoms with Gasteiger partial charge in [0, 0.05) is 30.7 Å². The van der Waals surface area contributed by atoms with Gasteiger partial charge in [0.05, 0.1) is 20.4 Å². The molecule has 21 heavy (non-hydrogen) atoms. The maximum absolute atomic E-state index is 13.8. The lowest BCUT2D eigenvalue weighted by Crippen LogP contribution is -2.18. The highest BCUT2D eigenvalue weighted by atomic mass is 127. The number of hydrogen-bond donors (Lipinski definition) is 0. The van der Waals surface area contributed by atoms with Crippen LogP contribution in [0, 0.1) is 9.39 Å². The van der Waals surface area contributed by atoms with Gasteiger partial charge in [-0.05, 0) is 35.6 Å². The van der Waals surface area contributed by atoms with Gasteiger partial charge >= 0.3 is 0 Å². The van der Waals surface area contributed by atoms with E-state index in [1.165, 1.54) is 12.3 Å². The van der Waals surface area contributed by atoms with Crippen molar-refractivity contribution in [2.45, 2.75) is 19.4 Å². The van der Waals surface area contributed by atoms with Crippen molar-refractivity contribution < 1.29 is 12.8 Å². The molecule has 1 aromatic carbocycles. The summed E-state index contributed by atoms with van der Waals surface area (Å²) in [4.78, 5) is 4.47. The first-order valence-electron chi connectivity index (χ1n) is 6.32. The van der Waals surface area contributed by atoms with Crippen molar-refractivity contribution in [3.8, 4) is 0 Å². The van der Waals surface area contributed by atoms with Crippen molar-refractivity contribution in [1.29, 1.82) is 0 Å². The quantitative estimate of drug-likeness (QED) is 0.526. The number of hydrogen-bond acceptors (Lipinski definition) is 3. The van der Waals surface area contributed by atoms with Crippen LogP contribution in [0.15, 0.2) is 12.1 Å². The number of aryl methyl sites for hydroxylation is 1. The molecule has 0 N–H and O–H groups in total. The Morgan fingerprint density at radius 1 is 1.48 bits per heavy atom. The molecule has 0 aliphatic rings. The average Bonchev–Trinajstić information content (AvgIpc) is 2.65. The lowest BCUT2D eigenvalue weighted by Gasteiger charge is -2.16. The molecule has 8 heteroatoms. The number of imidazole rings is 1. The second-order valence-electron chi connectivity index (χ2n) is 5.03. The molecule has 116 valence electrons. The van der Waals surface area contributed by atoms with Crippen LogP contribution in [0.1, 0.15) is 18.8 Å². The third kappa shape index (κ3) is 3.87. The Balaban J connectivity index is 2.62. The first kappa shape index (κ1) is 17.0. The average molecular weight is 445 g/mol. The van der Waals surface area contributed by atoms with E-state index < -0.39 is 9.84 Å². The minimum atomic E-state index is -3.14. The number of alkyl halides is 1. The molecule has 0 radical (unpaired) electrons. The summed E-state index contributed by atoms with van der Waals surface area (Å²) in [6, 6.07) is 2.73. The third-order valence-corrected chi connectivity index (χ3v) is 5.21. The van der Waals surface area contributed by atoms with Gasteiger partial charge in [-0.1, -0.05) is 0 Å². The fourth-order valence-corrected chi connectivity index (χ4v) is 4.05. The standard InChI is InChI=1S/C13H15ClFIN2O2S/c1-8(7-21(2,19)20)18-12-5-9(15)10(16)6-11(12)17-13(18)3-4-14/h5-6,8H,3-4,7H2,1-2H3. The summed E-state index contributed by atoms with van der Waals surface area (Å²) in [5, 5.41) is 0. The van der Waals surface area contributed by atoms with E-state index in [0.717, 1.165) is 0 Å². The van der Waals surface area contributed by atoms with Crippen LogP contribution in [-0.2, 0) is 16.3 Å². The monoisotopic (exact) mass is 444 g/mol. The molecule has 2 aromatic rings. The number of benzene rings is 1. The van der Waals surface area contributed by atoms with Crippen LogP contribution >= 0.6 is 34.2 Å². The maximum Gasteiger partial charge on any atom is 0.149 e. The number of halogens is 3. The Morgan fingerprint density at radius 2 is 2.14 bits per heavy atom. The van der Waals surface area contributed by atoms with E-state index in [-0.39, 0.29) is 17.6 Å². The topological polar surface area (TPSA) is 52.0 Å². The number of sulfone groups is 1. The highest BCUT2D eigenvalue weighted by Crippen LogP contribution is 2.26. The van der Waals surface area contributed by atoms with E-state index in [1.807, 2.05) is 22.6 Å². The Hall–Kier alpha value is -0.410. The molecule has 1 atom stereocenters. The van der Waals surface area contributed by atoms with E-state index in [0.29, 0.717) is 32.7 Å². The van der Waals surface area contributed by atoms with E-state index in [9.17, 15) is 12.8 Å². The molecule has 2 rings (SSSR count). The maximum atomic E-state index is 13.8. The summed E-state index contributed by atoms with van der Waals surface area (Å²) in [7, 11) is -3.14. The van der Waals surface area contributed by atoms with Crippen molar-refractivity contribution in [2.24, 2.45) is 0 Å². The molecule has 0 fully saturated rings. The van der Waals surface area contributed by atoms with Crippen LogP contribution < -0.4 is 0 Å². The molecule has 0 spiro atoms. The van der Waals surface area contributed by atoms with Crippen LogP contribution in [-0.4, -0.2) is 35.9 Å². The van der Waals surface area contributed by atoms with E-state index in [4.69, 9.17) is 11.6 Å². The lowest BCUT2D eigenvalue weighted by atomic mass is 10.3. The van der Waals surface area contributed by atoms with Crippen LogP contribution in [0.25, 0.3) is 11.0 Å². The van der Waals surface area contributed by atoms with Crippen LogP contribution in [0.3, 0.4) is 0 Å². The predicted molar refractivity (Wildman–Crippen MR) is 91.3 cm³/mol. The molecule has 0 amide bonds. The van der Waals surface area contributed by atoms with E-state index >= 15 is 0 Å². The summed E-state index contributed by atoms with van der Waals surface area (Å²) in [5.74, 6) is 0.682. The fourth-order valence-electron chi connectivity index (χ4n) is 2.41. The zero-order chi connectivity index (χ0) is 15.8. The predicted octanol–water partition coefficient (Wildman–Crippen LogP) is 3.17. The Morgan fingerprint density at radius 3 is 2.71 bits per heavy atom. The fraction of sp³-hybridized carbons (Fsp3) is 0.462. The van der Waals surface area contributed by atoms with Crippen LogP contribution in [0.2, 0.25) is 0 Å². The minimum Gasteiger partial charge on any atom is -0.324 e.